The van der Waals surface area contributed by atoms with Crippen LogP contribution in [0.3, 0.4) is 0 Å². The Hall–Kier alpha value is -0.660. The van der Waals surface area contributed by atoms with Gasteiger partial charge in [-0.2, -0.15) is 0 Å². The predicted octanol–water partition coefficient (Wildman–Crippen LogP) is -0.0505. The molecule has 0 aromatic rings. The van der Waals surface area contributed by atoms with Crippen LogP contribution in [-0.2, 0) is 14.8 Å². The van der Waals surface area contributed by atoms with E-state index in [0.717, 1.165) is 25.5 Å². The maximum Gasteiger partial charge on any atom is 0.220 e. The molecule has 7 heteroatoms. The van der Waals surface area contributed by atoms with E-state index in [0.29, 0.717) is 13.0 Å². The van der Waals surface area contributed by atoms with Crippen molar-refractivity contribution in [2.45, 2.75) is 45.1 Å². The SMILES string of the molecule is CC(C)(CNC(=O)CCCCCN)NS(C)(=O)=O. The number of rotatable bonds is 9. The lowest BCUT2D eigenvalue weighted by atomic mass is 10.1. The van der Waals surface area contributed by atoms with Gasteiger partial charge in [0, 0.05) is 18.5 Å². The van der Waals surface area contributed by atoms with Crippen molar-refractivity contribution in [3.05, 3.63) is 0 Å². The van der Waals surface area contributed by atoms with Gasteiger partial charge in [0.05, 0.1) is 6.26 Å². The number of amides is 1. The van der Waals surface area contributed by atoms with Gasteiger partial charge in [0.2, 0.25) is 15.9 Å². The molecule has 0 aliphatic heterocycles. The number of unbranched alkanes of at least 4 members (excludes halogenated alkanes) is 2. The van der Waals surface area contributed by atoms with Crippen LogP contribution in [-0.4, -0.2) is 39.2 Å². The van der Waals surface area contributed by atoms with Crippen LogP contribution >= 0.6 is 0 Å². The van der Waals surface area contributed by atoms with Crippen molar-refractivity contribution in [1.82, 2.24) is 10.0 Å². The Balaban J connectivity index is 3.90. The highest BCUT2D eigenvalue weighted by Crippen LogP contribution is 2.03. The largest absolute Gasteiger partial charge is 0.354 e. The summed E-state index contributed by atoms with van der Waals surface area (Å²) in [5.74, 6) is -0.0598. The molecule has 0 heterocycles. The molecule has 0 aromatic heterocycles. The van der Waals surface area contributed by atoms with Crippen LogP contribution in [0.5, 0.6) is 0 Å². The van der Waals surface area contributed by atoms with Gasteiger partial charge in [-0.3, -0.25) is 4.79 Å². The third-order valence-corrected chi connectivity index (χ3v) is 3.22. The third-order valence-electron chi connectivity index (χ3n) is 2.30. The van der Waals surface area contributed by atoms with Crippen LogP contribution in [0.4, 0.5) is 0 Å². The maximum absolute atomic E-state index is 11.5. The van der Waals surface area contributed by atoms with Crippen molar-refractivity contribution in [3.63, 3.8) is 0 Å². The van der Waals surface area contributed by atoms with Crippen LogP contribution in [0.25, 0.3) is 0 Å². The third kappa shape index (κ3) is 10.5. The van der Waals surface area contributed by atoms with E-state index < -0.39 is 15.6 Å². The molecule has 0 rings (SSSR count). The van der Waals surface area contributed by atoms with Crippen molar-refractivity contribution in [2.75, 3.05) is 19.3 Å². The summed E-state index contributed by atoms with van der Waals surface area (Å²) in [5.41, 5.74) is 4.67. The fraction of sp³-hybridized carbons (Fsp3) is 0.909. The number of carbonyl (C=O) groups is 1. The van der Waals surface area contributed by atoms with Crippen LogP contribution in [0.15, 0.2) is 0 Å². The zero-order valence-corrected chi connectivity index (χ0v) is 12.3. The number of hydrogen-bond acceptors (Lipinski definition) is 4. The summed E-state index contributed by atoms with van der Waals surface area (Å²) in [4.78, 5) is 11.5. The van der Waals surface area contributed by atoms with Crippen molar-refractivity contribution in [3.8, 4) is 0 Å². The fourth-order valence-electron chi connectivity index (χ4n) is 1.55. The van der Waals surface area contributed by atoms with Crippen molar-refractivity contribution in [2.24, 2.45) is 5.73 Å². The standard InChI is InChI=1S/C11H25N3O3S/c1-11(2,14-18(3,16)17)9-13-10(15)7-5-4-6-8-12/h14H,4-9,12H2,1-3H3,(H,13,15). The minimum Gasteiger partial charge on any atom is -0.354 e. The molecule has 0 radical (unpaired) electrons. The highest BCUT2D eigenvalue weighted by molar-refractivity contribution is 7.88. The Bertz CT molecular complexity index is 353. The fourth-order valence-corrected chi connectivity index (χ4v) is 2.63. The molecule has 0 atom stereocenters. The quantitative estimate of drug-likeness (QED) is 0.515. The summed E-state index contributed by atoms with van der Waals surface area (Å²) in [7, 11) is -3.27. The summed E-state index contributed by atoms with van der Waals surface area (Å²) < 4.78 is 24.7. The Kier molecular flexibility index (Phi) is 7.42. The monoisotopic (exact) mass is 279 g/mol. The van der Waals surface area contributed by atoms with E-state index in [2.05, 4.69) is 10.0 Å². The molecule has 6 nitrogen and oxygen atoms in total. The van der Waals surface area contributed by atoms with Gasteiger partial charge < -0.3 is 11.1 Å². The summed E-state index contributed by atoms with van der Waals surface area (Å²) in [5, 5.41) is 2.73. The summed E-state index contributed by atoms with van der Waals surface area (Å²) >= 11 is 0. The van der Waals surface area contributed by atoms with E-state index in [-0.39, 0.29) is 12.5 Å². The molecule has 0 saturated carbocycles. The zero-order chi connectivity index (χ0) is 14.2. The second-order valence-electron chi connectivity index (χ2n) is 5.13. The molecular formula is C11H25N3O3S. The first-order chi connectivity index (χ1) is 8.16. The number of carbonyl (C=O) groups excluding carboxylic acids is 1. The van der Waals surface area contributed by atoms with Crippen LogP contribution < -0.4 is 15.8 Å². The van der Waals surface area contributed by atoms with Gasteiger partial charge >= 0.3 is 0 Å². The first-order valence-corrected chi connectivity index (χ1v) is 8.01. The molecule has 18 heavy (non-hydrogen) atoms. The maximum atomic E-state index is 11.5. The molecular weight excluding hydrogens is 254 g/mol. The topological polar surface area (TPSA) is 101 Å². The van der Waals surface area contributed by atoms with Gasteiger partial charge in [0.25, 0.3) is 0 Å². The Morgan fingerprint density at radius 3 is 2.33 bits per heavy atom. The van der Waals surface area contributed by atoms with E-state index in [9.17, 15) is 13.2 Å². The molecule has 0 bridgehead atoms. The lowest BCUT2D eigenvalue weighted by Crippen LogP contribution is -2.50. The van der Waals surface area contributed by atoms with Gasteiger partial charge in [-0.15, -0.1) is 0 Å². The van der Waals surface area contributed by atoms with Crippen LogP contribution in [0.2, 0.25) is 0 Å². The molecule has 4 N–H and O–H groups in total. The Morgan fingerprint density at radius 2 is 1.83 bits per heavy atom. The van der Waals surface area contributed by atoms with Gasteiger partial charge in [-0.05, 0) is 33.2 Å². The van der Waals surface area contributed by atoms with E-state index in [4.69, 9.17) is 5.73 Å². The zero-order valence-electron chi connectivity index (χ0n) is 11.5. The smallest absolute Gasteiger partial charge is 0.220 e. The van der Waals surface area contributed by atoms with Gasteiger partial charge in [0.1, 0.15) is 0 Å². The van der Waals surface area contributed by atoms with E-state index in [1.165, 1.54) is 0 Å². The Labute approximate surface area is 110 Å². The lowest BCUT2D eigenvalue weighted by Gasteiger charge is -2.25. The molecule has 1 amide bonds. The van der Waals surface area contributed by atoms with Gasteiger partial charge in [0.15, 0.2) is 0 Å². The molecule has 0 spiro atoms. The number of nitrogens with two attached hydrogens (primary N) is 1. The first-order valence-electron chi connectivity index (χ1n) is 6.12. The normalized spacial score (nSPS) is 12.4. The van der Waals surface area contributed by atoms with E-state index in [1.807, 2.05) is 0 Å². The molecule has 0 unspecified atom stereocenters. The van der Waals surface area contributed by atoms with Crippen molar-refractivity contribution in [1.29, 1.82) is 0 Å². The molecule has 0 aliphatic rings. The Morgan fingerprint density at radius 1 is 1.22 bits per heavy atom. The molecule has 0 fully saturated rings. The molecule has 108 valence electrons. The number of hydrogen-bond donors (Lipinski definition) is 3. The van der Waals surface area contributed by atoms with Crippen molar-refractivity contribution < 1.29 is 13.2 Å². The summed E-state index contributed by atoms with van der Waals surface area (Å²) in [6.45, 7) is 4.37. The second-order valence-corrected chi connectivity index (χ2v) is 6.88. The average molecular weight is 279 g/mol. The number of nitrogens with one attached hydrogen (secondary N) is 2. The van der Waals surface area contributed by atoms with Crippen LogP contribution in [0, 0.1) is 0 Å². The molecule has 0 aromatic carbocycles. The highest BCUT2D eigenvalue weighted by atomic mass is 32.2. The highest BCUT2D eigenvalue weighted by Gasteiger charge is 2.22. The minimum atomic E-state index is -3.27. The van der Waals surface area contributed by atoms with E-state index >= 15 is 0 Å². The second kappa shape index (κ2) is 7.70. The van der Waals surface area contributed by atoms with Crippen molar-refractivity contribution >= 4 is 15.9 Å². The molecule has 0 aliphatic carbocycles. The number of sulfonamides is 1. The molecule has 0 saturated heterocycles. The first kappa shape index (κ1) is 17.3. The van der Waals surface area contributed by atoms with Gasteiger partial charge in [-0.25, -0.2) is 13.1 Å². The minimum absolute atomic E-state index is 0.0598. The summed E-state index contributed by atoms with van der Waals surface area (Å²) in [6, 6.07) is 0. The summed E-state index contributed by atoms with van der Waals surface area (Å²) in [6.07, 6.45) is 4.23. The predicted molar refractivity (Wildman–Crippen MR) is 72.6 cm³/mol. The van der Waals surface area contributed by atoms with Crippen LogP contribution in [0.1, 0.15) is 39.5 Å². The van der Waals surface area contributed by atoms with Gasteiger partial charge in [-0.1, -0.05) is 6.42 Å². The average Bonchev–Trinajstić information content (AvgIpc) is 2.18. The van der Waals surface area contributed by atoms with E-state index in [1.54, 1.807) is 13.8 Å². The lowest BCUT2D eigenvalue weighted by molar-refractivity contribution is -0.121.